The molecule has 2 aromatic rings. The fourth-order valence-electron chi connectivity index (χ4n) is 3.16. The maximum atomic E-state index is 12.5. The fraction of sp³-hybridized carbons (Fsp3) is 0.350. The highest BCUT2D eigenvalue weighted by Gasteiger charge is 2.32. The van der Waals surface area contributed by atoms with Gasteiger partial charge in [0.25, 0.3) is 5.91 Å². The van der Waals surface area contributed by atoms with Crippen LogP contribution >= 0.6 is 11.6 Å². The Hall–Kier alpha value is -2.84. The first-order valence-electron chi connectivity index (χ1n) is 9.31. The van der Waals surface area contributed by atoms with E-state index in [1.165, 1.54) is 11.1 Å². The van der Waals surface area contributed by atoms with Gasteiger partial charge in [-0.1, -0.05) is 11.6 Å². The molecule has 0 saturated carbocycles. The van der Waals surface area contributed by atoms with Crippen molar-refractivity contribution < 1.29 is 23.8 Å². The lowest BCUT2D eigenvalue weighted by molar-refractivity contribution is 0.0914. The van der Waals surface area contributed by atoms with E-state index >= 15 is 0 Å². The highest BCUT2D eigenvalue weighted by atomic mass is 35.5. The van der Waals surface area contributed by atoms with Crippen LogP contribution in [-0.2, 0) is 9.47 Å². The number of halogens is 1. The van der Waals surface area contributed by atoms with E-state index in [9.17, 15) is 9.59 Å². The molecule has 1 aromatic heterocycles. The zero-order valence-electron chi connectivity index (χ0n) is 15.5. The van der Waals surface area contributed by atoms with Gasteiger partial charge in [-0.15, -0.1) is 0 Å². The van der Waals surface area contributed by atoms with Crippen LogP contribution in [0.5, 0.6) is 5.88 Å². The first kappa shape index (κ1) is 19.5. The molecule has 9 heteroatoms. The Balaban J connectivity index is 1.31. The normalized spacial score (nSPS) is 21.1. The number of ether oxygens (including phenoxy) is 3. The third-order valence-corrected chi connectivity index (χ3v) is 4.93. The molecule has 2 unspecified atom stereocenters. The van der Waals surface area contributed by atoms with Crippen molar-refractivity contribution in [1.29, 1.82) is 0 Å². The molecule has 3 heterocycles. The third-order valence-electron chi connectivity index (χ3n) is 4.68. The second-order valence-electron chi connectivity index (χ2n) is 6.79. The van der Waals surface area contributed by atoms with Crippen molar-refractivity contribution >= 4 is 29.3 Å². The van der Waals surface area contributed by atoms with Crippen molar-refractivity contribution in [3.8, 4) is 5.88 Å². The van der Waals surface area contributed by atoms with Gasteiger partial charge in [-0.25, -0.2) is 9.78 Å². The summed E-state index contributed by atoms with van der Waals surface area (Å²) in [7, 11) is 0. The summed E-state index contributed by atoms with van der Waals surface area (Å²) in [5, 5.41) is 3.38. The highest BCUT2D eigenvalue weighted by molar-refractivity contribution is 6.30. The number of cyclic esters (lactones) is 1. The van der Waals surface area contributed by atoms with E-state index in [4.69, 9.17) is 25.8 Å². The Morgan fingerprint density at radius 1 is 1.31 bits per heavy atom. The first-order chi connectivity index (χ1) is 14.1. The maximum Gasteiger partial charge on any atom is 0.414 e. The molecule has 29 heavy (non-hydrogen) atoms. The van der Waals surface area contributed by atoms with E-state index in [0.717, 1.165) is 6.42 Å². The van der Waals surface area contributed by atoms with Crippen molar-refractivity contribution in [3.63, 3.8) is 0 Å². The molecule has 0 bridgehead atoms. The first-order valence-corrected chi connectivity index (χ1v) is 9.68. The molecule has 2 saturated heterocycles. The quantitative estimate of drug-likeness (QED) is 0.777. The number of rotatable bonds is 6. The summed E-state index contributed by atoms with van der Waals surface area (Å²) >= 11 is 5.88. The summed E-state index contributed by atoms with van der Waals surface area (Å²) in [5.41, 5.74) is 1.12. The molecule has 2 atom stereocenters. The summed E-state index contributed by atoms with van der Waals surface area (Å²) < 4.78 is 16.3. The third kappa shape index (κ3) is 4.78. The van der Waals surface area contributed by atoms with Gasteiger partial charge in [-0.3, -0.25) is 9.69 Å². The van der Waals surface area contributed by atoms with Crippen molar-refractivity contribution in [3.05, 3.63) is 53.2 Å². The van der Waals surface area contributed by atoms with Crippen LogP contribution in [0.15, 0.2) is 42.6 Å². The number of hydrogen-bond acceptors (Lipinski definition) is 6. The summed E-state index contributed by atoms with van der Waals surface area (Å²) in [4.78, 5) is 30.2. The maximum absolute atomic E-state index is 12.5. The number of carbonyl (C=O) groups is 2. The van der Waals surface area contributed by atoms with Crippen LogP contribution in [0, 0.1) is 0 Å². The number of nitrogens with one attached hydrogen (secondary N) is 1. The molecule has 0 aliphatic carbocycles. The number of nitrogens with zero attached hydrogens (tertiary/aromatic N) is 2. The standard InChI is InChI=1S/C20H20ClN3O5/c21-14-1-3-15(4-2-14)24-11-17(29-20(24)26)10-23-19(25)13-5-7-22-18(9-13)28-16-6-8-27-12-16/h1-5,7,9,16-17H,6,8,10-12H2,(H,23,25). The average molecular weight is 418 g/mol. The number of carbonyl (C=O) groups excluding carboxylic acids is 2. The van der Waals surface area contributed by atoms with Gasteiger partial charge in [0, 0.05) is 35.0 Å². The molecule has 0 radical (unpaired) electrons. The van der Waals surface area contributed by atoms with Crippen LogP contribution in [0.3, 0.4) is 0 Å². The fourth-order valence-corrected chi connectivity index (χ4v) is 3.29. The van der Waals surface area contributed by atoms with Crippen molar-refractivity contribution in [2.24, 2.45) is 0 Å². The number of hydrogen-bond donors (Lipinski definition) is 1. The number of anilines is 1. The molecule has 2 aliphatic heterocycles. The average Bonchev–Trinajstić information content (AvgIpc) is 3.36. The Labute approximate surface area is 172 Å². The number of pyridine rings is 1. The van der Waals surface area contributed by atoms with Crippen molar-refractivity contribution in [2.45, 2.75) is 18.6 Å². The van der Waals surface area contributed by atoms with Gasteiger partial charge in [0.2, 0.25) is 5.88 Å². The van der Waals surface area contributed by atoms with Crippen LogP contribution in [0.1, 0.15) is 16.8 Å². The number of aromatic nitrogens is 1. The van der Waals surface area contributed by atoms with E-state index in [1.807, 2.05) is 0 Å². The minimum absolute atomic E-state index is 0.0439. The zero-order chi connectivity index (χ0) is 20.2. The van der Waals surface area contributed by atoms with Gasteiger partial charge in [0.15, 0.2) is 0 Å². The predicted octanol–water partition coefficient (Wildman–Crippen LogP) is 2.66. The minimum Gasteiger partial charge on any atom is -0.472 e. The van der Waals surface area contributed by atoms with E-state index < -0.39 is 12.2 Å². The van der Waals surface area contributed by atoms with Gasteiger partial charge in [-0.05, 0) is 30.3 Å². The van der Waals surface area contributed by atoms with Crippen LogP contribution in [-0.4, -0.2) is 55.5 Å². The monoisotopic (exact) mass is 417 g/mol. The summed E-state index contributed by atoms with van der Waals surface area (Å²) in [6, 6.07) is 10.1. The lowest BCUT2D eigenvalue weighted by atomic mass is 10.2. The smallest absolute Gasteiger partial charge is 0.414 e. The Kier molecular flexibility index (Phi) is 5.82. The highest BCUT2D eigenvalue weighted by Crippen LogP contribution is 2.23. The summed E-state index contributed by atoms with van der Waals surface area (Å²) in [6.45, 7) is 1.73. The van der Waals surface area contributed by atoms with Gasteiger partial charge >= 0.3 is 6.09 Å². The largest absolute Gasteiger partial charge is 0.472 e. The SMILES string of the molecule is O=C(NCC1CN(c2ccc(Cl)cc2)C(=O)O1)c1ccnc(OC2CCOC2)c1. The number of amides is 2. The van der Waals surface area contributed by atoms with E-state index in [0.29, 0.717) is 41.9 Å². The van der Waals surface area contributed by atoms with Crippen molar-refractivity contribution in [1.82, 2.24) is 10.3 Å². The van der Waals surface area contributed by atoms with Gasteiger partial charge in [0.05, 0.1) is 26.3 Å². The number of benzene rings is 1. The molecular weight excluding hydrogens is 398 g/mol. The van der Waals surface area contributed by atoms with Gasteiger partial charge in [0.1, 0.15) is 12.2 Å². The second kappa shape index (κ2) is 8.67. The van der Waals surface area contributed by atoms with E-state index in [1.54, 1.807) is 36.4 Å². The zero-order valence-corrected chi connectivity index (χ0v) is 16.3. The molecule has 2 aliphatic rings. The summed E-state index contributed by atoms with van der Waals surface area (Å²) in [6.07, 6.45) is 1.38. The molecule has 152 valence electrons. The lowest BCUT2D eigenvalue weighted by Crippen LogP contribution is -2.34. The van der Waals surface area contributed by atoms with Crippen LogP contribution in [0.4, 0.5) is 10.5 Å². The molecule has 2 fully saturated rings. The molecule has 1 aromatic carbocycles. The Bertz CT molecular complexity index is 886. The molecule has 2 amide bonds. The topological polar surface area (TPSA) is 90.0 Å². The minimum atomic E-state index is -0.454. The molecular formula is C20H20ClN3O5. The van der Waals surface area contributed by atoms with Crippen LogP contribution in [0.25, 0.3) is 0 Å². The van der Waals surface area contributed by atoms with Gasteiger partial charge in [-0.2, -0.15) is 0 Å². The molecule has 1 N–H and O–H groups in total. The van der Waals surface area contributed by atoms with E-state index in [2.05, 4.69) is 10.3 Å². The molecule has 8 nitrogen and oxygen atoms in total. The van der Waals surface area contributed by atoms with Crippen molar-refractivity contribution in [2.75, 3.05) is 31.2 Å². The Morgan fingerprint density at radius 3 is 2.90 bits per heavy atom. The molecule has 4 rings (SSSR count). The second-order valence-corrected chi connectivity index (χ2v) is 7.23. The molecule has 0 spiro atoms. The Morgan fingerprint density at radius 2 is 2.14 bits per heavy atom. The lowest BCUT2D eigenvalue weighted by Gasteiger charge is -2.13. The predicted molar refractivity (Wildman–Crippen MR) is 105 cm³/mol. The van der Waals surface area contributed by atoms with Crippen LogP contribution in [0.2, 0.25) is 5.02 Å². The summed E-state index contributed by atoms with van der Waals surface area (Å²) in [5.74, 6) is 0.0928. The van der Waals surface area contributed by atoms with E-state index in [-0.39, 0.29) is 18.6 Å². The van der Waals surface area contributed by atoms with Gasteiger partial charge < -0.3 is 19.5 Å². The van der Waals surface area contributed by atoms with Crippen LogP contribution < -0.4 is 15.0 Å².